The minimum atomic E-state index is -4.42. The summed E-state index contributed by atoms with van der Waals surface area (Å²) in [4.78, 5) is 0. The van der Waals surface area contributed by atoms with E-state index in [2.05, 4.69) is 13.8 Å². The highest BCUT2D eigenvalue weighted by Crippen LogP contribution is 2.47. The molecule has 0 spiro atoms. The van der Waals surface area contributed by atoms with Crippen LogP contribution >= 0.6 is 0 Å². The van der Waals surface area contributed by atoms with Crippen LogP contribution in [-0.4, -0.2) is 0 Å². The Morgan fingerprint density at radius 3 is 1.15 bits per heavy atom. The van der Waals surface area contributed by atoms with Crippen molar-refractivity contribution in [2.24, 2.45) is 23.7 Å². The van der Waals surface area contributed by atoms with Gasteiger partial charge in [-0.05, 0) is 84.7 Å². The maximum atomic E-state index is 13.4. The summed E-state index contributed by atoms with van der Waals surface area (Å²) in [5.74, 6) is 1.61. The van der Waals surface area contributed by atoms with E-state index in [-0.39, 0.29) is 11.8 Å². The molecule has 2 aromatic rings. The monoisotopic (exact) mass is 582 g/mol. The molecule has 7 heteroatoms. The molecular weight excluding hydrogens is 538 g/mol. The SMILES string of the molecule is CCCC1CCC(C(OC(c2ccc(C(F)(F)F)cc2)C2CCC(CCC)CC2)c2ccc(C(F)(F)F)cc2)CC1. The largest absolute Gasteiger partial charge is 0.416 e. The Bertz CT molecular complexity index is 957. The Labute approximate surface area is 241 Å². The Morgan fingerprint density at radius 1 is 0.561 bits per heavy atom. The summed E-state index contributed by atoms with van der Waals surface area (Å²) < 4.78 is 87.1. The lowest BCUT2D eigenvalue weighted by molar-refractivity contribution is -0.138. The molecule has 0 N–H and O–H groups in total. The molecule has 0 aromatic heterocycles. The summed E-state index contributed by atoms with van der Waals surface area (Å²) in [6.07, 6.45) is 2.89. The molecule has 228 valence electrons. The number of rotatable bonds is 10. The van der Waals surface area contributed by atoms with Crippen molar-refractivity contribution >= 4 is 0 Å². The van der Waals surface area contributed by atoms with Crippen molar-refractivity contribution in [3.63, 3.8) is 0 Å². The highest BCUT2D eigenvalue weighted by molar-refractivity contribution is 5.29. The van der Waals surface area contributed by atoms with E-state index in [0.29, 0.717) is 23.0 Å². The van der Waals surface area contributed by atoms with Crippen molar-refractivity contribution in [2.75, 3.05) is 0 Å². The van der Waals surface area contributed by atoms with Crippen LogP contribution in [0.1, 0.15) is 125 Å². The molecule has 0 heterocycles. The fourth-order valence-electron chi connectivity index (χ4n) is 7.18. The smallest absolute Gasteiger partial charge is 0.365 e. The molecule has 4 rings (SSSR count). The molecule has 41 heavy (non-hydrogen) atoms. The molecule has 2 fully saturated rings. The molecule has 2 saturated carbocycles. The zero-order valence-electron chi connectivity index (χ0n) is 24.2. The Kier molecular flexibility index (Phi) is 10.9. The van der Waals surface area contributed by atoms with E-state index in [1.807, 2.05) is 0 Å². The molecule has 2 aliphatic rings. The first-order valence-electron chi connectivity index (χ1n) is 15.5. The van der Waals surface area contributed by atoms with Crippen LogP contribution in [0.5, 0.6) is 0 Å². The highest BCUT2D eigenvalue weighted by Gasteiger charge is 2.37. The molecule has 2 unspecified atom stereocenters. The lowest BCUT2D eigenvalue weighted by atomic mass is 9.75. The van der Waals surface area contributed by atoms with Gasteiger partial charge in [-0.3, -0.25) is 0 Å². The molecule has 2 aliphatic carbocycles. The van der Waals surface area contributed by atoms with Crippen LogP contribution in [0.15, 0.2) is 48.5 Å². The quantitative estimate of drug-likeness (QED) is 0.253. The number of alkyl halides is 6. The maximum absolute atomic E-state index is 13.4. The van der Waals surface area contributed by atoms with E-state index >= 15 is 0 Å². The zero-order chi connectivity index (χ0) is 29.6. The van der Waals surface area contributed by atoms with Crippen LogP contribution in [0.2, 0.25) is 0 Å². The molecule has 0 amide bonds. The highest BCUT2D eigenvalue weighted by atomic mass is 19.4. The number of halogens is 6. The van der Waals surface area contributed by atoms with Crippen molar-refractivity contribution in [1.29, 1.82) is 0 Å². The second kappa shape index (κ2) is 14.0. The second-order valence-corrected chi connectivity index (χ2v) is 12.4. The fourth-order valence-corrected chi connectivity index (χ4v) is 7.18. The molecule has 0 saturated heterocycles. The Morgan fingerprint density at radius 2 is 0.878 bits per heavy atom. The third-order valence-corrected chi connectivity index (χ3v) is 9.46. The van der Waals surface area contributed by atoms with Gasteiger partial charge in [-0.1, -0.05) is 89.5 Å². The summed E-state index contributed by atoms with van der Waals surface area (Å²) in [6.45, 7) is 4.37. The van der Waals surface area contributed by atoms with Gasteiger partial charge in [0, 0.05) is 0 Å². The van der Waals surface area contributed by atoms with Gasteiger partial charge in [0.25, 0.3) is 0 Å². The molecular formula is C34H44F6O. The maximum Gasteiger partial charge on any atom is 0.416 e. The number of benzene rings is 2. The van der Waals surface area contributed by atoms with Crippen LogP contribution in [0.25, 0.3) is 0 Å². The van der Waals surface area contributed by atoms with Crippen LogP contribution in [-0.2, 0) is 17.1 Å². The van der Waals surface area contributed by atoms with Gasteiger partial charge >= 0.3 is 12.4 Å². The van der Waals surface area contributed by atoms with E-state index in [4.69, 9.17) is 4.74 Å². The normalized spacial score (nSPS) is 25.6. The first-order chi connectivity index (χ1) is 19.5. The minimum absolute atomic E-state index is 0.147. The van der Waals surface area contributed by atoms with Gasteiger partial charge in [0.2, 0.25) is 0 Å². The predicted molar refractivity (Wildman–Crippen MR) is 150 cm³/mol. The number of ether oxygens (including phenoxy) is 1. The van der Waals surface area contributed by atoms with Gasteiger partial charge in [0.15, 0.2) is 0 Å². The summed E-state index contributed by atoms with van der Waals surface area (Å²) in [5, 5.41) is 0. The van der Waals surface area contributed by atoms with Gasteiger partial charge in [-0.15, -0.1) is 0 Å². The van der Waals surface area contributed by atoms with Gasteiger partial charge in [-0.25, -0.2) is 0 Å². The first-order valence-corrected chi connectivity index (χ1v) is 15.5. The van der Waals surface area contributed by atoms with Crippen LogP contribution < -0.4 is 0 Å². The van der Waals surface area contributed by atoms with E-state index in [1.54, 1.807) is 0 Å². The lowest BCUT2D eigenvalue weighted by Gasteiger charge is -2.40. The van der Waals surface area contributed by atoms with Gasteiger partial charge in [0.1, 0.15) is 0 Å². The first kappa shape index (κ1) is 31.9. The average Bonchev–Trinajstić information content (AvgIpc) is 2.95. The van der Waals surface area contributed by atoms with Gasteiger partial charge in [-0.2, -0.15) is 26.3 Å². The van der Waals surface area contributed by atoms with Crippen molar-refractivity contribution in [2.45, 2.75) is 115 Å². The van der Waals surface area contributed by atoms with Crippen LogP contribution in [0.3, 0.4) is 0 Å². The number of hydrogen-bond donors (Lipinski definition) is 0. The molecule has 1 nitrogen and oxygen atoms in total. The Balaban J connectivity index is 1.65. The van der Waals surface area contributed by atoms with E-state index < -0.39 is 35.7 Å². The number of hydrogen-bond acceptors (Lipinski definition) is 1. The molecule has 0 radical (unpaired) electrons. The van der Waals surface area contributed by atoms with E-state index in [0.717, 1.165) is 88.5 Å². The van der Waals surface area contributed by atoms with Crippen molar-refractivity contribution < 1.29 is 31.1 Å². The standard InChI is InChI=1S/C34H44F6O/c1-3-5-23-7-11-25(12-8-23)31(27-15-19-29(20-16-27)33(35,36)37)41-32(26-13-9-24(6-4-2)10-14-26)28-17-21-30(22-18-28)34(38,39)40/h15-26,31-32H,3-14H2,1-2H3. The molecule has 0 bridgehead atoms. The van der Waals surface area contributed by atoms with Crippen molar-refractivity contribution in [3.05, 3.63) is 70.8 Å². The van der Waals surface area contributed by atoms with Crippen LogP contribution in [0, 0.1) is 23.7 Å². The van der Waals surface area contributed by atoms with Crippen molar-refractivity contribution in [1.82, 2.24) is 0 Å². The molecule has 2 aromatic carbocycles. The Hall–Kier alpha value is -2.02. The summed E-state index contributed by atoms with van der Waals surface area (Å²) in [7, 11) is 0. The lowest BCUT2D eigenvalue weighted by Crippen LogP contribution is -2.28. The third kappa shape index (κ3) is 8.52. The fraction of sp³-hybridized carbons (Fsp3) is 0.647. The van der Waals surface area contributed by atoms with Gasteiger partial charge < -0.3 is 4.74 Å². The predicted octanol–water partition coefficient (Wildman–Crippen LogP) is 11.7. The molecule has 0 aliphatic heterocycles. The van der Waals surface area contributed by atoms with E-state index in [9.17, 15) is 26.3 Å². The summed E-state index contributed by atoms with van der Waals surface area (Å²) >= 11 is 0. The summed E-state index contributed by atoms with van der Waals surface area (Å²) in [6, 6.07) is 10.6. The van der Waals surface area contributed by atoms with E-state index in [1.165, 1.54) is 37.1 Å². The molecule has 2 atom stereocenters. The average molecular weight is 583 g/mol. The van der Waals surface area contributed by atoms with Crippen LogP contribution in [0.4, 0.5) is 26.3 Å². The zero-order valence-corrected chi connectivity index (χ0v) is 24.2. The van der Waals surface area contributed by atoms with Gasteiger partial charge in [0.05, 0.1) is 23.3 Å². The second-order valence-electron chi connectivity index (χ2n) is 12.4. The third-order valence-electron chi connectivity index (χ3n) is 9.46. The topological polar surface area (TPSA) is 9.23 Å². The van der Waals surface area contributed by atoms with Crippen molar-refractivity contribution in [3.8, 4) is 0 Å². The summed E-state index contributed by atoms with van der Waals surface area (Å²) in [5.41, 5.74) is 0.0439. The minimum Gasteiger partial charge on any atom is -0.365 e.